The Hall–Kier alpha value is -2.31. The summed E-state index contributed by atoms with van der Waals surface area (Å²) in [5.74, 6) is -3.08. The number of hydrogen-bond donors (Lipinski definition) is 1. The van der Waals surface area contributed by atoms with Crippen molar-refractivity contribution in [1.29, 1.82) is 0 Å². The van der Waals surface area contributed by atoms with Crippen LogP contribution in [0.1, 0.15) is 18.4 Å². The van der Waals surface area contributed by atoms with Gasteiger partial charge >= 0.3 is 29.0 Å². The van der Waals surface area contributed by atoms with Crippen LogP contribution < -0.4 is 9.84 Å². The van der Waals surface area contributed by atoms with Gasteiger partial charge in [0.1, 0.15) is 0 Å². The molecule has 8 heteroatoms. The maximum absolute atomic E-state index is 11.3. The molecule has 0 bridgehead atoms. The van der Waals surface area contributed by atoms with Gasteiger partial charge in [-0.2, -0.15) is 0 Å². The predicted octanol–water partition coefficient (Wildman–Crippen LogP) is 0.0114. The van der Waals surface area contributed by atoms with E-state index >= 15 is 0 Å². The summed E-state index contributed by atoms with van der Waals surface area (Å²) in [5, 5.41) is 19.5. The van der Waals surface area contributed by atoms with E-state index in [1.165, 1.54) is 31.4 Å². The normalized spacial score (nSPS) is 9.86. The first-order valence-electron chi connectivity index (χ1n) is 5.92. The first-order valence-corrected chi connectivity index (χ1v) is 5.92. The molecule has 0 aliphatic heterocycles. The largest absolute Gasteiger partial charge is 1.00 e. The second kappa shape index (κ2) is 9.59. The van der Waals surface area contributed by atoms with E-state index in [1.807, 2.05) is 0 Å². The average molecular weight is 357 g/mol. The zero-order valence-corrected chi connectivity index (χ0v) is 12.4. The average Bonchev–Trinajstić information content (AvgIpc) is 2.44. The first-order chi connectivity index (χ1) is 9.92. The molecule has 7 nitrogen and oxygen atoms in total. The summed E-state index contributed by atoms with van der Waals surface area (Å²) in [6, 6.07) is 4.39. The Kier molecular flexibility index (Phi) is 8.59. The van der Waals surface area contributed by atoms with Gasteiger partial charge in [-0.15, -0.1) is 0 Å². The van der Waals surface area contributed by atoms with E-state index in [0.29, 0.717) is 5.56 Å². The van der Waals surface area contributed by atoms with Crippen LogP contribution in [0.15, 0.2) is 24.3 Å². The van der Waals surface area contributed by atoms with Gasteiger partial charge < -0.3 is 24.5 Å². The first kappa shape index (κ1) is 19.7. The van der Waals surface area contributed by atoms with E-state index in [4.69, 9.17) is 4.74 Å². The molecule has 122 valence electrons. The monoisotopic (exact) mass is 356 g/mol. The summed E-state index contributed by atoms with van der Waals surface area (Å²) in [6.07, 6.45) is 1.42. The molecule has 0 heterocycles. The molecule has 0 atom stereocenters. The molecule has 0 spiro atoms. The zero-order chi connectivity index (χ0) is 15.8. The molecule has 0 fully saturated rings. The van der Waals surface area contributed by atoms with Crippen LogP contribution in [0.25, 0.3) is 6.08 Å². The molecule has 0 radical (unpaired) electrons. The number of hydrogen-bond acceptors (Lipinski definition) is 7. The van der Waals surface area contributed by atoms with E-state index < -0.39 is 30.7 Å². The Bertz CT molecular complexity index is 581. The number of carbonyl (C=O) groups excluding carboxylic acids is 3. The van der Waals surface area contributed by atoms with Crippen molar-refractivity contribution in [3.05, 3.63) is 29.8 Å². The van der Waals surface area contributed by atoms with Crippen molar-refractivity contribution in [3.63, 3.8) is 0 Å². The van der Waals surface area contributed by atoms with E-state index in [2.05, 4.69) is 4.74 Å². The number of ether oxygens (including phenoxy) is 2. The molecule has 1 N–H and O–H groups in total. The predicted molar refractivity (Wildman–Crippen MR) is 69.0 cm³/mol. The van der Waals surface area contributed by atoms with E-state index in [-0.39, 0.29) is 28.6 Å². The number of methoxy groups -OCH3 is 1. The second-order valence-corrected chi connectivity index (χ2v) is 3.93. The zero-order valence-electron chi connectivity index (χ0n) is 11.5. The topological polar surface area (TPSA) is 113 Å². The van der Waals surface area contributed by atoms with Crippen molar-refractivity contribution in [2.24, 2.45) is 0 Å². The van der Waals surface area contributed by atoms with Gasteiger partial charge in [0.25, 0.3) is 0 Å². The van der Waals surface area contributed by atoms with Crippen molar-refractivity contribution in [2.45, 2.75) is 12.8 Å². The molecule has 0 aromatic heterocycles. The molecule has 0 unspecified atom stereocenters. The van der Waals surface area contributed by atoms with Crippen molar-refractivity contribution in [2.75, 3.05) is 7.11 Å². The van der Waals surface area contributed by atoms with Gasteiger partial charge in [-0.3, -0.25) is 4.79 Å². The number of phenolic OH excluding ortho intramolecular Hbond substituents is 1. The van der Waals surface area contributed by atoms with Crippen LogP contribution in [0.2, 0.25) is 0 Å². The summed E-state index contributed by atoms with van der Waals surface area (Å²) in [5.41, 5.74) is 0.545. The number of rotatable bonds is 6. The van der Waals surface area contributed by atoms with Gasteiger partial charge in [0, 0.05) is 12.0 Å². The summed E-state index contributed by atoms with van der Waals surface area (Å²) >= 11 is 0. The number of phenols is 1. The molecule has 0 saturated heterocycles. The van der Waals surface area contributed by atoms with Crippen LogP contribution in [0.5, 0.6) is 11.5 Å². The minimum atomic E-state index is -1.40. The molecular weight excluding hydrogens is 344 g/mol. The second-order valence-electron chi connectivity index (χ2n) is 3.93. The third-order valence-corrected chi connectivity index (χ3v) is 2.36. The number of carboxylic acid groups (broad SMARTS) is 1. The van der Waals surface area contributed by atoms with E-state index in [1.54, 1.807) is 0 Å². The molecule has 22 heavy (non-hydrogen) atoms. The smallest absolute Gasteiger partial charge is 0.550 e. The number of esters is 2. The number of aromatic hydroxyl groups is 1. The van der Waals surface area contributed by atoms with E-state index in [9.17, 15) is 24.6 Å². The minimum Gasteiger partial charge on any atom is -0.550 e. The molecule has 0 aliphatic rings. The third kappa shape index (κ3) is 6.92. The third-order valence-electron chi connectivity index (χ3n) is 2.36. The fraction of sp³-hybridized carbons (Fsp3) is 0.214. The quantitative estimate of drug-likeness (QED) is 0.330. The number of aliphatic carboxylic acids is 1. The Morgan fingerprint density at radius 1 is 1.27 bits per heavy atom. The Labute approximate surface area is 137 Å². The molecule has 1 aromatic carbocycles. The van der Waals surface area contributed by atoms with Crippen molar-refractivity contribution in [1.82, 2.24) is 0 Å². The fourth-order valence-corrected chi connectivity index (χ4v) is 1.36. The number of carboxylic acids is 1. The maximum Gasteiger partial charge on any atom is 1.00 e. The summed E-state index contributed by atoms with van der Waals surface area (Å²) in [6.45, 7) is 0. The number of benzene rings is 1. The molecule has 1 rings (SSSR count). The van der Waals surface area contributed by atoms with Crippen LogP contribution in [0.3, 0.4) is 0 Å². The van der Waals surface area contributed by atoms with Crippen molar-refractivity contribution in [3.8, 4) is 11.5 Å². The van der Waals surface area contributed by atoms with Crippen LogP contribution in [0.4, 0.5) is 0 Å². The van der Waals surface area contributed by atoms with Gasteiger partial charge in [-0.05, 0) is 30.2 Å². The Morgan fingerprint density at radius 3 is 2.55 bits per heavy atom. The summed E-state index contributed by atoms with van der Waals surface area (Å²) < 4.78 is 9.26. The standard InChI is InChI=1S/C14H14O7.Cu/c1-20-11-8-9(2-4-10(11)15)3-6-13(18)21-14(19)7-5-12(16)17;/h2-4,6,8,15H,5,7H2,1H3,(H,16,17);/q;+1/p-1. The van der Waals surface area contributed by atoms with Gasteiger partial charge in [0.15, 0.2) is 11.5 Å². The van der Waals surface area contributed by atoms with Gasteiger partial charge in [-0.1, -0.05) is 6.07 Å². The number of carbonyl (C=O) groups is 3. The van der Waals surface area contributed by atoms with Crippen LogP contribution in [0, 0.1) is 0 Å². The van der Waals surface area contributed by atoms with Gasteiger partial charge in [0.05, 0.1) is 13.5 Å². The van der Waals surface area contributed by atoms with Crippen molar-refractivity contribution < 1.29 is 51.1 Å². The van der Waals surface area contributed by atoms with E-state index in [0.717, 1.165) is 6.08 Å². The molecule has 0 saturated carbocycles. The molecule has 0 aliphatic carbocycles. The van der Waals surface area contributed by atoms with Gasteiger partial charge in [-0.25, -0.2) is 4.79 Å². The molecular formula is C14H13CuO7. The molecule has 1 aromatic rings. The van der Waals surface area contributed by atoms with Crippen LogP contribution >= 0.6 is 0 Å². The Balaban J connectivity index is 0.00000441. The maximum atomic E-state index is 11.3. The van der Waals surface area contributed by atoms with Crippen LogP contribution in [-0.4, -0.2) is 30.1 Å². The van der Waals surface area contributed by atoms with Gasteiger partial charge in [0.2, 0.25) is 0 Å². The van der Waals surface area contributed by atoms with Crippen LogP contribution in [-0.2, 0) is 36.2 Å². The fourth-order valence-electron chi connectivity index (χ4n) is 1.36. The SMILES string of the molecule is COc1cc(C=CC(=O)OC(=O)CCC(=O)[O-])ccc1O.[Cu+]. The van der Waals surface area contributed by atoms with Crippen molar-refractivity contribution >= 4 is 24.0 Å². The Morgan fingerprint density at radius 2 is 1.95 bits per heavy atom. The summed E-state index contributed by atoms with van der Waals surface area (Å²) in [7, 11) is 1.38. The molecule has 0 amide bonds. The minimum absolute atomic E-state index is 0. The summed E-state index contributed by atoms with van der Waals surface area (Å²) in [4.78, 5) is 32.6.